The van der Waals surface area contributed by atoms with Crippen molar-refractivity contribution < 1.29 is 0 Å². The maximum atomic E-state index is 4.35. The van der Waals surface area contributed by atoms with Crippen molar-refractivity contribution in [1.82, 2.24) is 15.3 Å². The smallest absolute Gasteiger partial charge is 0.124 e. The molecule has 1 aliphatic heterocycles. The topological polar surface area (TPSA) is 40.7 Å². The van der Waals surface area contributed by atoms with E-state index in [0.717, 1.165) is 30.1 Å². The van der Waals surface area contributed by atoms with Gasteiger partial charge in [-0.1, -0.05) is 24.7 Å². The molecular weight excluding hydrogens is 234 g/mol. The van der Waals surface area contributed by atoms with Crippen LogP contribution in [0.1, 0.15) is 37.3 Å². The molecule has 2 rings (SSSR count). The predicted octanol–water partition coefficient (Wildman–Crippen LogP) is 2.32. The van der Waals surface area contributed by atoms with E-state index < -0.39 is 0 Å². The second kappa shape index (κ2) is 6.64. The number of aromatic nitrogens is 2. The maximum absolute atomic E-state index is 4.35. The molecule has 0 aliphatic carbocycles. The Bertz CT molecular complexity index is 593. The van der Waals surface area contributed by atoms with Crippen molar-refractivity contribution in [2.24, 2.45) is 0 Å². The summed E-state index contributed by atoms with van der Waals surface area (Å²) in [5.74, 6) is 12.5. The number of nitrogens with one attached hydrogen (secondary N) is 2. The van der Waals surface area contributed by atoms with Crippen molar-refractivity contribution in [3.05, 3.63) is 42.0 Å². The third-order valence-electron chi connectivity index (χ3n) is 2.87. The standard InChI is InChI=1S/C16H17N3/c1-3-7-13(2)8-4-5-9-14-12-18-16(19-14)15-10-6-11-17-15/h3,7,12,15,17H,1,6,10-11H2,2H3,(H,18,19)/b13-7+/t15-/m0/s1. The van der Waals surface area contributed by atoms with E-state index in [4.69, 9.17) is 0 Å². The average Bonchev–Trinajstić information content (AvgIpc) is 3.05. The Labute approximate surface area is 114 Å². The van der Waals surface area contributed by atoms with Crippen LogP contribution in [0.2, 0.25) is 0 Å². The zero-order chi connectivity index (χ0) is 13.5. The molecule has 3 nitrogen and oxygen atoms in total. The number of aromatic amines is 1. The van der Waals surface area contributed by atoms with E-state index in [9.17, 15) is 0 Å². The Balaban J connectivity index is 2.00. The molecule has 1 aliphatic rings. The first-order valence-electron chi connectivity index (χ1n) is 6.39. The molecule has 0 unspecified atom stereocenters. The lowest BCUT2D eigenvalue weighted by atomic mass is 10.2. The summed E-state index contributed by atoms with van der Waals surface area (Å²) in [4.78, 5) is 7.57. The van der Waals surface area contributed by atoms with Gasteiger partial charge in [0, 0.05) is 0 Å². The summed E-state index contributed by atoms with van der Waals surface area (Å²) in [6.07, 6.45) is 7.66. The van der Waals surface area contributed by atoms with Gasteiger partial charge < -0.3 is 10.3 Å². The molecule has 1 atom stereocenters. The largest absolute Gasteiger partial charge is 0.334 e. The zero-order valence-electron chi connectivity index (χ0n) is 11.1. The first-order valence-corrected chi connectivity index (χ1v) is 6.39. The first kappa shape index (κ1) is 13.2. The number of imidazole rings is 1. The Kier molecular flexibility index (Phi) is 4.61. The van der Waals surface area contributed by atoms with Crippen LogP contribution in [-0.2, 0) is 0 Å². The average molecular weight is 251 g/mol. The second-order valence-electron chi connectivity index (χ2n) is 4.42. The van der Waals surface area contributed by atoms with E-state index in [1.54, 1.807) is 12.3 Å². The van der Waals surface area contributed by atoms with Crippen LogP contribution < -0.4 is 5.32 Å². The van der Waals surface area contributed by atoms with Gasteiger partial charge in [-0.25, -0.2) is 4.98 Å². The van der Waals surface area contributed by atoms with Crippen LogP contribution in [0.15, 0.2) is 30.5 Å². The molecule has 0 amide bonds. The predicted molar refractivity (Wildman–Crippen MR) is 77.2 cm³/mol. The number of hydrogen-bond acceptors (Lipinski definition) is 2. The highest BCUT2D eigenvalue weighted by molar-refractivity contribution is 5.40. The van der Waals surface area contributed by atoms with Crippen LogP contribution in [0.5, 0.6) is 0 Å². The molecule has 1 aromatic rings. The van der Waals surface area contributed by atoms with E-state index in [1.807, 2.05) is 13.0 Å². The van der Waals surface area contributed by atoms with Gasteiger partial charge in [0.15, 0.2) is 0 Å². The molecule has 1 saturated heterocycles. The minimum Gasteiger partial charge on any atom is -0.334 e. The van der Waals surface area contributed by atoms with Gasteiger partial charge in [-0.15, -0.1) is 0 Å². The quantitative estimate of drug-likeness (QED) is 0.625. The molecule has 96 valence electrons. The fourth-order valence-electron chi connectivity index (χ4n) is 1.94. The summed E-state index contributed by atoms with van der Waals surface area (Å²) in [6.45, 7) is 6.61. The molecule has 0 radical (unpaired) electrons. The molecule has 0 saturated carbocycles. The number of hydrogen-bond donors (Lipinski definition) is 2. The van der Waals surface area contributed by atoms with Gasteiger partial charge in [0.2, 0.25) is 0 Å². The van der Waals surface area contributed by atoms with E-state index >= 15 is 0 Å². The fraction of sp³-hybridized carbons (Fsp3) is 0.312. The molecule has 0 bridgehead atoms. The van der Waals surface area contributed by atoms with Crippen LogP contribution in [0, 0.1) is 23.7 Å². The summed E-state index contributed by atoms with van der Waals surface area (Å²) in [6, 6.07) is 0.347. The molecular formula is C16H17N3. The Morgan fingerprint density at radius 2 is 2.42 bits per heavy atom. The van der Waals surface area contributed by atoms with Crippen LogP contribution in [0.4, 0.5) is 0 Å². The highest BCUT2D eigenvalue weighted by Gasteiger charge is 2.18. The molecule has 0 spiro atoms. The third kappa shape index (κ3) is 3.88. The Morgan fingerprint density at radius 3 is 3.16 bits per heavy atom. The van der Waals surface area contributed by atoms with E-state index in [2.05, 4.69) is 45.5 Å². The van der Waals surface area contributed by atoms with Crippen molar-refractivity contribution >= 4 is 0 Å². The van der Waals surface area contributed by atoms with Gasteiger partial charge in [-0.3, -0.25) is 0 Å². The summed E-state index contributed by atoms with van der Waals surface area (Å²) in [5.41, 5.74) is 1.76. The molecule has 3 heteroatoms. The lowest BCUT2D eigenvalue weighted by molar-refractivity contribution is 0.612. The zero-order valence-corrected chi connectivity index (χ0v) is 11.1. The van der Waals surface area contributed by atoms with Gasteiger partial charge in [-0.05, 0) is 49.6 Å². The number of rotatable bonds is 2. The minimum absolute atomic E-state index is 0.347. The minimum atomic E-state index is 0.347. The lowest BCUT2D eigenvalue weighted by Gasteiger charge is -2.04. The Morgan fingerprint density at radius 1 is 1.53 bits per heavy atom. The summed E-state index contributed by atoms with van der Waals surface area (Å²) >= 11 is 0. The molecule has 1 fully saturated rings. The van der Waals surface area contributed by atoms with Crippen molar-refractivity contribution in [3.63, 3.8) is 0 Å². The Hall–Kier alpha value is -2.23. The van der Waals surface area contributed by atoms with Gasteiger partial charge in [0.1, 0.15) is 11.5 Å². The van der Waals surface area contributed by atoms with Crippen molar-refractivity contribution in [2.45, 2.75) is 25.8 Å². The van der Waals surface area contributed by atoms with Gasteiger partial charge >= 0.3 is 0 Å². The highest BCUT2D eigenvalue weighted by atomic mass is 15.0. The molecule has 2 N–H and O–H groups in total. The normalized spacial score (nSPS) is 18.2. The van der Waals surface area contributed by atoms with E-state index in [-0.39, 0.29) is 0 Å². The van der Waals surface area contributed by atoms with Gasteiger partial charge in [0.05, 0.1) is 12.2 Å². The summed E-state index contributed by atoms with van der Waals surface area (Å²) in [5, 5.41) is 3.40. The van der Waals surface area contributed by atoms with Crippen LogP contribution in [-0.4, -0.2) is 16.5 Å². The van der Waals surface area contributed by atoms with Crippen molar-refractivity contribution in [1.29, 1.82) is 0 Å². The number of H-pyrrole nitrogens is 1. The molecule has 0 aromatic carbocycles. The number of allylic oxidation sites excluding steroid dienone is 3. The van der Waals surface area contributed by atoms with Crippen LogP contribution >= 0.6 is 0 Å². The fourth-order valence-corrected chi connectivity index (χ4v) is 1.94. The summed E-state index contributed by atoms with van der Waals surface area (Å²) < 4.78 is 0. The molecule has 1 aromatic heterocycles. The van der Waals surface area contributed by atoms with Crippen LogP contribution in [0.25, 0.3) is 0 Å². The number of nitrogens with zero attached hydrogens (tertiary/aromatic N) is 1. The molecule has 19 heavy (non-hydrogen) atoms. The van der Waals surface area contributed by atoms with Crippen molar-refractivity contribution in [3.8, 4) is 23.7 Å². The molecule has 2 heterocycles. The maximum Gasteiger partial charge on any atom is 0.124 e. The highest BCUT2D eigenvalue weighted by Crippen LogP contribution is 2.19. The van der Waals surface area contributed by atoms with Crippen LogP contribution in [0.3, 0.4) is 0 Å². The first-order chi connectivity index (χ1) is 9.29. The van der Waals surface area contributed by atoms with Crippen molar-refractivity contribution in [2.75, 3.05) is 6.54 Å². The lowest BCUT2D eigenvalue weighted by Crippen LogP contribution is -2.14. The van der Waals surface area contributed by atoms with E-state index in [1.165, 1.54) is 6.42 Å². The summed E-state index contributed by atoms with van der Waals surface area (Å²) in [7, 11) is 0. The van der Waals surface area contributed by atoms with E-state index in [0.29, 0.717) is 6.04 Å². The van der Waals surface area contributed by atoms with Gasteiger partial charge in [-0.2, -0.15) is 0 Å². The third-order valence-corrected chi connectivity index (χ3v) is 2.87. The second-order valence-corrected chi connectivity index (χ2v) is 4.42. The van der Waals surface area contributed by atoms with Gasteiger partial charge in [0.25, 0.3) is 0 Å². The monoisotopic (exact) mass is 251 g/mol. The SMILES string of the molecule is C=C/C=C(\C)C#CC#Cc1cnc([C@@H]2CCCN2)[nH]1.